The number of carbonyl (C=O) groups excluding carboxylic acids is 6. The molecule has 0 fully saturated rings. The lowest BCUT2D eigenvalue weighted by Gasteiger charge is -2.21. The molecule has 15 heteroatoms. The topological polar surface area (TPSA) is 175 Å². The fourth-order valence-electron chi connectivity index (χ4n) is 4.64. The second-order valence-electron chi connectivity index (χ2n) is 12.1. The molecule has 53 heavy (non-hydrogen) atoms. The summed E-state index contributed by atoms with van der Waals surface area (Å²) in [5.74, 6) is -4.28. The minimum atomic E-state index is -0.898. The highest BCUT2D eigenvalue weighted by molar-refractivity contribution is 7.10. The van der Waals surface area contributed by atoms with Crippen molar-refractivity contribution in [2.75, 3.05) is 23.7 Å². The molecule has 280 valence electrons. The van der Waals surface area contributed by atoms with Crippen molar-refractivity contribution in [3.05, 3.63) is 118 Å². The molecule has 0 aliphatic rings. The van der Waals surface area contributed by atoms with Gasteiger partial charge in [-0.05, 0) is 66.2 Å². The first-order chi connectivity index (χ1) is 25.3. The Hall–Kier alpha value is -5.96. The number of hydrogen-bond donors (Lipinski definition) is 6. The zero-order chi connectivity index (χ0) is 38.8. The van der Waals surface area contributed by atoms with Crippen LogP contribution in [0.3, 0.4) is 0 Å². The van der Waals surface area contributed by atoms with E-state index in [1.165, 1.54) is 11.3 Å². The lowest BCUT2D eigenvalue weighted by Crippen LogP contribution is -2.51. The predicted octanol–water partition coefficient (Wildman–Crippen LogP) is 3.95. The van der Waals surface area contributed by atoms with Gasteiger partial charge in [-0.25, -0.2) is 8.78 Å². The summed E-state index contributed by atoms with van der Waals surface area (Å²) < 4.78 is 26.5. The van der Waals surface area contributed by atoms with Crippen LogP contribution >= 0.6 is 11.3 Å². The molecule has 3 aromatic carbocycles. The number of rotatable bonds is 15. The van der Waals surface area contributed by atoms with Crippen LogP contribution < -0.4 is 31.9 Å². The average molecular weight is 749 g/mol. The van der Waals surface area contributed by atoms with Crippen molar-refractivity contribution in [3.63, 3.8) is 0 Å². The van der Waals surface area contributed by atoms with E-state index in [1.54, 1.807) is 69.3 Å². The predicted molar refractivity (Wildman–Crippen MR) is 199 cm³/mol. The van der Waals surface area contributed by atoms with Gasteiger partial charge in [-0.3, -0.25) is 28.8 Å². The van der Waals surface area contributed by atoms with Crippen LogP contribution in [0.5, 0.6) is 0 Å². The van der Waals surface area contributed by atoms with E-state index in [-0.39, 0.29) is 49.2 Å². The minimum Gasteiger partial charge on any atom is -0.345 e. The van der Waals surface area contributed by atoms with E-state index in [9.17, 15) is 37.5 Å². The second kappa shape index (κ2) is 21.4. The van der Waals surface area contributed by atoms with Crippen molar-refractivity contribution < 1.29 is 37.5 Å². The minimum absolute atomic E-state index is 0.154. The van der Waals surface area contributed by atoms with Crippen LogP contribution in [0.4, 0.5) is 20.2 Å². The summed E-state index contributed by atoms with van der Waals surface area (Å²) in [6.45, 7) is 4.63. The van der Waals surface area contributed by atoms with Gasteiger partial charge in [0.2, 0.25) is 35.4 Å². The molecule has 0 saturated carbocycles. The normalized spacial score (nSPS) is 11.5. The van der Waals surface area contributed by atoms with Gasteiger partial charge in [0.1, 0.15) is 23.7 Å². The summed E-state index contributed by atoms with van der Waals surface area (Å²) in [6.07, 6.45) is -0.0382. The summed E-state index contributed by atoms with van der Waals surface area (Å²) in [6, 6.07) is 22.7. The molecule has 6 N–H and O–H groups in total. The molecule has 0 radical (unpaired) electrons. The van der Waals surface area contributed by atoms with Gasteiger partial charge in [-0.2, -0.15) is 0 Å². The molecule has 0 saturated heterocycles. The highest BCUT2D eigenvalue weighted by Gasteiger charge is 2.25. The first-order valence-corrected chi connectivity index (χ1v) is 17.5. The lowest BCUT2D eigenvalue weighted by molar-refractivity contribution is -0.130. The first kappa shape index (κ1) is 41.5. The third-order valence-electron chi connectivity index (χ3n) is 7.20. The van der Waals surface area contributed by atoms with Gasteiger partial charge < -0.3 is 31.9 Å². The van der Waals surface area contributed by atoms with Gasteiger partial charge in [0.25, 0.3) is 0 Å². The van der Waals surface area contributed by atoms with E-state index in [0.717, 1.165) is 17.0 Å². The van der Waals surface area contributed by atoms with Crippen molar-refractivity contribution in [1.29, 1.82) is 0 Å². The van der Waals surface area contributed by atoms with E-state index in [0.29, 0.717) is 17.4 Å². The van der Waals surface area contributed by atoms with Gasteiger partial charge >= 0.3 is 0 Å². The maximum absolute atomic E-state index is 13.3. The van der Waals surface area contributed by atoms with E-state index in [4.69, 9.17) is 0 Å². The van der Waals surface area contributed by atoms with Gasteiger partial charge in [0, 0.05) is 22.3 Å². The number of nitrogens with one attached hydrogen (secondary N) is 6. The van der Waals surface area contributed by atoms with E-state index >= 15 is 0 Å². The highest BCUT2D eigenvalue weighted by atomic mass is 32.1. The Labute approximate surface area is 310 Å². The summed E-state index contributed by atoms with van der Waals surface area (Å²) in [5, 5.41) is 17.4. The summed E-state index contributed by atoms with van der Waals surface area (Å²) in [7, 11) is 0. The van der Waals surface area contributed by atoms with E-state index in [1.807, 2.05) is 29.6 Å². The maximum Gasteiger partial charge on any atom is 0.243 e. The molecule has 1 unspecified atom stereocenters. The molecule has 1 heterocycles. The van der Waals surface area contributed by atoms with Crippen molar-refractivity contribution in [3.8, 4) is 0 Å². The number of hydrogen-bond acceptors (Lipinski definition) is 7. The van der Waals surface area contributed by atoms with E-state index in [2.05, 4.69) is 31.9 Å². The summed E-state index contributed by atoms with van der Waals surface area (Å²) in [5.41, 5.74) is 1.42. The van der Waals surface area contributed by atoms with Crippen LogP contribution in [0.2, 0.25) is 0 Å². The van der Waals surface area contributed by atoms with Crippen molar-refractivity contribution in [1.82, 2.24) is 21.3 Å². The number of para-hydroxylation sites is 2. The summed E-state index contributed by atoms with van der Waals surface area (Å²) >= 11 is 1.49. The molecule has 0 spiro atoms. The fourth-order valence-corrected chi connectivity index (χ4v) is 5.34. The molecule has 1 aromatic heterocycles. The molecule has 2 atom stereocenters. The van der Waals surface area contributed by atoms with E-state index < -0.39 is 47.3 Å². The number of anilines is 2. The zero-order valence-corrected chi connectivity index (χ0v) is 30.2. The van der Waals surface area contributed by atoms with Crippen LogP contribution in [0.25, 0.3) is 0 Å². The first-order valence-electron chi connectivity index (χ1n) is 16.6. The fraction of sp³-hybridized carbons (Fsp3) is 0.263. The molecule has 0 aliphatic carbocycles. The number of thiophene rings is 1. The van der Waals surface area contributed by atoms with Crippen LogP contribution in [-0.2, 0) is 41.6 Å². The molecule has 6 amide bonds. The smallest absolute Gasteiger partial charge is 0.243 e. The lowest BCUT2D eigenvalue weighted by atomic mass is 10.0. The second-order valence-corrected chi connectivity index (χ2v) is 13.1. The molecule has 12 nitrogen and oxygen atoms in total. The van der Waals surface area contributed by atoms with Crippen LogP contribution in [0.1, 0.15) is 31.2 Å². The highest BCUT2D eigenvalue weighted by Crippen LogP contribution is 2.11. The van der Waals surface area contributed by atoms with Crippen LogP contribution in [0, 0.1) is 17.6 Å². The zero-order valence-electron chi connectivity index (χ0n) is 29.4. The third kappa shape index (κ3) is 15.9. The van der Waals surface area contributed by atoms with Crippen molar-refractivity contribution >= 4 is 58.2 Å². The Bertz CT molecular complexity index is 1810. The van der Waals surface area contributed by atoms with Crippen LogP contribution in [0.15, 0.2) is 96.4 Å². The van der Waals surface area contributed by atoms with Gasteiger partial charge in [0.05, 0.1) is 25.9 Å². The average Bonchev–Trinajstić information content (AvgIpc) is 3.62. The Balaban J connectivity index is 0.000000290. The number of carbonyl (C=O) groups is 6. The van der Waals surface area contributed by atoms with Crippen molar-refractivity contribution in [2.45, 2.75) is 45.7 Å². The Morgan fingerprint density at radius 2 is 1.11 bits per heavy atom. The summed E-state index contributed by atoms with van der Waals surface area (Å²) in [4.78, 5) is 73.1. The Kier molecular flexibility index (Phi) is 16.8. The monoisotopic (exact) mass is 748 g/mol. The molecule has 4 aromatic rings. The quantitative estimate of drug-likeness (QED) is 0.107. The molecule has 0 bridgehead atoms. The van der Waals surface area contributed by atoms with Gasteiger partial charge in [-0.1, -0.05) is 56.3 Å². The number of amides is 6. The number of benzene rings is 3. The number of halogens is 2. The van der Waals surface area contributed by atoms with Gasteiger partial charge in [0.15, 0.2) is 0 Å². The largest absolute Gasteiger partial charge is 0.345 e. The third-order valence-corrected chi connectivity index (χ3v) is 8.08. The molecular weight excluding hydrogens is 707 g/mol. The van der Waals surface area contributed by atoms with Gasteiger partial charge in [-0.15, -0.1) is 11.3 Å². The molecule has 4 rings (SSSR count). The Morgan fingerprint density at radius 3 is 1.60 bits per heavy atom. The Morgan fingerprint density at radius 1 is 0.604 bits per heavy atom. The van der Waals surface area contributed by atoms with Crippen molar-refractivity contribution in [2.24, 2.45) is 5.92 Å². The standard InChI is InChI=1S/C21H23F2N3O3.C17H19N3O3S/c1-13(2)20(26-18(27)10-14-8-15(22)11-16(23)9-14)21(29)24-12-19(28)25-17-6-4-3-5-7-17;1-12(19-15(21)10-14-8-5-9-24-14)17(23)18-11-16(22)20-13-6-3-2-4-7-13/h3-9,11,13,20H,10,12H2,1-2H3,(H,24,29)(H,25,28)(H,26,27);2-9,12H,10-11H2,1H3,(H,18,23)(H,19,21)(H,20,22)/t;12-/m.0/s1. The SMILES string of the molecule is CC(C)C(NC(=O)Cc1cc(F)cc(F)c1)C(=O)NCC(=O)Nc1ccccc1.C[C@H](NC(=O)Cc1cccs1)C(=O)NCC(=O)Nc1ccccc1. The maximum atomic E-state index is 13.3. The van der Waals surface area contributed by atoms with Crippen LogP contribution in [-0.4, -0.2) is 60.6 Å². The molecular formula is C38H42F2N6O6S. The molecule has 0 aliphatic heterocycles.